The molecule has 0 heterocycles. The minimum atomic E-state index is -4.99. The van der Waals surface area contributed by atoms with E-state index in [4.69, 9.17) is 37.0 Å². The van der Waals surface area contributed by atoms with E-state index in [0.29, 0.717) is 25.7 Å². The molecule has 0 saturated heterocycles. The molecule has 19 heteroatoms. The molecule has 0 saturated carbocycles. The maximum Gasteiger partial charge on any atom is 0.472 e. The summed E-state index contributed by atoms with van der Waals surface area (Å²) in [5.41, 5.74) is 0. The number of ether oxygens (including phenoxy) is 4. The van der Waals surface area contributed by atoms with Gasteiger partial charge in [0.05, 0.1) is 26.4 Å². The Labute approximate surface area is 592 Å². The highest BCUT2D eigenvalue weighted by atomic mass is 31.2. The van der Waals surface area contributed by atoms with Crippen LogP contribution < -0.4 is 0 Å². The van der Waals surface area contributed by atoms with Crippen molar-refractivity contribution in [2.45, 2.75) is 290 Å². The Kier molecular flexibility index (Phi) is 66.7. The molecular formula is C79H130O17P2. The Bertz CT molecular complexity index is 2430. The fourth-order valence-electron chi connectivity index (χ4n) is 9.16. The van der Waals surface area contributed by atoms with Crippen LogP contribution in [0.1, 0.15) is 272 Å². The van der Waals surface area contributed by atoms with Gasteiger partial charge < -0.3 is 33.8 Å². The number of hydrogen-bond acceptors (Lipinski definition) is 15. The minimum Gasteiger partial charge on any atom is -0.462 e. The van der Waals surface area contributed by atoms with E-state index in [1.165, 1.54) is 0 Å². The molecule has 0 aromatic carbocycles. The van der Waals surface area contributed by atoms with E-state index in [1.54, 1.807) is 0 Å². The average molecular weight is 1410 g/mol. The molecular weight excluding hydrogens is 1280 g/mol. The maximum atomic E-state index is 13.1. The third-order valence-corrected chi connectivity index (χ3v) is 16.6. The largest absolute Gasteiger partial charge is 0.472 e. The zero-order valence-electron chi connectivity index (χ0n) is 60.7. The van der Waals surface area contributed by atoms with Crippen molar-refractivity contribution in [2.75, 3.05) is 39.6 Å². The number of esters is 4. The van der Waals surface area contributed by atoms with E-state index in [2.05, 4.69) is 174 Å². The highest BCUT2D eigenvalue weighted by molar-refractivity contribution is 7.47. The Balaban J connectivity index is 5.42. The molecule has 0 aliphatic carbocycles. The maximum absolute atomic E-state index is 13.1. The second-order valence-corrected chi connectivity index (χ2v) is 27.0. The van der Waals surface area contributed by atoms with Gasteiger partial charge in [-0.15, -0.1) is 0 Å². The van der Waals surface area contributed by atoms with Crippen LogP contribution in [0.3, 0.4) is 0 Å². The molecule has 3 N–H and O–H groups in total. The van der Waals surface area contributed by atoms with Gasteiger partial charge in [0.15, 0.2) is 12.2 Å². The Morgan fingerprint density at radius 1 is 0.296 bits per heavy atom. The number of aliphatic hydroxyl groups is 1. The van der Waals surface area contributed by atoms with Crippen molar-refractivity contribution in [3.63, 3.8) is 0 Å². The monoisotopic (exact) mass is 1410 g/mol. The van der Waals surface area contributed by atoms with Crippen LogP contribution in [0, 0.1) is 0 Å². The van der Waals surface area contributed by atoms with Gasteiger partial charge in [0.1, 0.15) is 19.3 Å². The lowest BCUT2D eigenvalue weighted by Crippen LogP contribution is -2.30. The Morgan fingerprint density at radius 2 is 0.531 bits per heavy atom. The van der Waals surface area contributed by atoms with E-state index in [9.17, 15) is 43.2 Å². The number of carbonyl (C=O) groups excluding carboxylic acids is 4. The molecule has 0 radical (unpaired) electrons. The van der Waals surface area contributed by atoms with Crippen LogP contribution in [0.2, 0.25) is 0 Å². The molecule has 5 atom stereocenters. The highest BCUT2D eigenvalue weighted by Gasteiger charge is 2.30. The molecule has 5 unspecified atom stereocenters. The molecule has 558 valence electrons. The smallest absolute Gasteiger partial charge is 0.462 e. The first kappa shape index (κ1) is 92.9. The van der Waals surface area contributed by atoms with Crippen LogP contribution in [0.5, 0.6) is 0 Å². The van der Waals surface area contributed by atoms with Gasteiger partial charge in [0.2, 0.25) is 0 Å². The van der Waals surface area contributed by atoms with E-state index in [-0.39, 0.29) is 25.7 Å². The first-order valence-electron chi connectivity index (χ1n) is 37.1. The molecule has 0 aliphatic rings. The first-order valence-corrected chi connectivity index (χ1v) is 40.1. The molecule has 0 bridgehead atoms. The molecule has 98 heavy (non-hydrogen) atoms. The highest BCUT2D eigenvalue weighted by Crippen LogP contribution is 2.45. The van der Waals surface area contributed by atoms with Crippen LogP contribution in [0.15, 0.2) is 146 Å². The number of carbonyl (C=O) groups is 4. The summed E-state index contributed by atoms with van der Waals surface area (Å²) in [4.78, 5) is 72.8. The van der Waals surface area contributed by atoms with Crippen molar-refractivity contribution in [1.82, 2.24) is 0 Å². The second kappa shape index (κ2) is 70.4. The lowest BCUT2D eigenvalue weighted by Gasteiger charge is -2.21. The summed E-state index contributed by atoms with van der Waals surface area (Å²) >= 11 is 0. The third-order valence-electron chi connectivity index (χ3n) is 14.7. The summed E-state index contributed by atoms with van der Waals surface area (Å²) in [6, 6.07) is 0. The van der Waals surface area contributed by atoms with Crippen LogP contribution in [0.4, 0.5) is 0 Å². The minimum absolute atomic E-state index is 0.0646. The first-order chi connectivity index (χ1) is 47.7. The van der Waals surface area contributed by atoms with Crippen molar-refractivity contribution in [2.24, 2.45) is 0 Å². The standard InChI is InChI=1S/C79H130O17P2/c1-5-9-13-17-21-25-29-33-35-36-38-42-44-48-52-56-60-64-77(82)90-70-75(96-79(84)66-62-58-54-50-46-40-32-28-24-20-16-12-8-4)72-94-98(87,88)92-68-73(80)67-91-97(85,86)93-71-74(95-78(83)65-61-57-53-49-45-39-31-27-23-19-15-11-7-3)69-89-76(81)63-59-55-51-47-43-41-37-34-30-26-22-18-14-10-6-2/h9-10,13-16,19-22,25-28,31-35,37-38,42-43,47,73-75,80H,5-8,11-12,17-18,23-24,29-30,36,39-41,44-46,48-72H2,1-4H3,(H,85,86)(H,87,88)/b13-9-,14-10-,19-15-,20-16-,25-21-,26-22-,31-27-,32-28-,35-33-,37-34-,42-38-,47-43-. The van der Waals surface area contributed by atoms with Gasteiger partial charge >= 0.3 is 39.5 Å². The molecule has 0 amide bonds. The van der Waals surface area contributed by atoms with Gasteiger partial charge in [-0.05, 0) is 154 Å². The number of phosphoric ester groups is 2. The third kappa shape index (κ3) is 69.4. The molecule has 0 rings (SSSR count). The number of phosphoric acid groups is 2. The van der Waals surface area contributed by atoms with Crippen molar-refractivity contribution in [1.29, 1.82) is 0 Å². The zero-order valence-corrected chi connectivity index (χ0v) is 62.4. The molecule has 0 aromatic heterocycles. The molecule has 0 aliphatic heterocycles. The van der Waals surface area contributed by atoms with Crippen molar-refractivity contribution in [3.05, 3.63) is 146 Å². The molecule has 0 aromatic rings. The Hall–Kier alpha value is -5.06. The van der Waals surface area contributed by atoms with Gasteiger partial charge in [-0.25, -0.2) is 9.13 Å². The number of rotatable bonds is 68. The van der Waals surface area contributed by atoms with Crippen molar-refractivity contribution in [3.8, 4) is 0 Å². The van der Waals surface area contributed by atoms with E-state index < -0.39 is 97.5 Å². The fraction of sp³-hybridized carbons (Fsp3) is 0.646. The zero-order chi connectivity index (χ0) is 71.8. The van der Waals surface area contributed by atoms with Gasteiger partial charge in [-0.1, -0.05) is 238 Å². The summed E-state index contributed by atoms with van der Waals surface area (Å²) in [7, 11) is -9.98. The summed E-state index contributed by atoms with van der Waals surface area (Å²) in [5, 5.41) is 10.6. The molecule has 0 spiro atoms. The van der Waals surface area contributed by atoms with Crippen molar-refractivity contribution < 1.29 is 80.2 Å². The summed E-state index contributed by atoms with van der Waals surface area (Å²) in [5.74, 6) is -2.29. The average Bonchev–Trinajstić information content (AvgIpc) is 0.969. The van der Waals surface area contributed by atoms with Gasteiger partial charge in [0.25, 0.3) is 0 Å². The summed E-state index contributed by atoms with van der Waals surface area (Å²) in [6.07, 6.45) is 78.5. The fourth-order valence-corrected chi connectivity index (χ4v) is 10.7. The molecule has 17 nitrogen and oxygen atoms in total. The van der Waals surface area contributed by atoms with Crippen LogP contribution in [-0.2, 0) is 65.4 Å². The van der Waals surface area contributed by atoms with Crippen LogP contribution in [0.25, 0.3) is 0 Å². The van der Waals surface area contributed by atoms with E-state index in [0.717, 1.165) is 193 Å². The van der Waals surface area contributed by atoms with Crippen molar-refractivity contribution >= 4 is 39.5 Å². The number of unbranched alkanes of at least 4 members (excludes halogenated alkanes) is 18. The lowest BCUT2D eigenvalue weighted by molar-refractivity contribution is -0.161. The summed E-state index contributed by atoms with van der Waals surface area (Å²) < 4.78 is 68.3. The summed E-state index contributed by atoms with van der Waals surface area (Å²) in [6.45, 7) is 4.38. The topological polar surface area (TPSA) is 237 Å². The van der Waals surface area contributed by atoms with Gasteiger partial charge in [-0.3, -0.25) is 37.3 Å². The van der Waals surface area contributed by atoms with Gasteiger partial charge in [-0.2, -0.15) is 0 Å². The van der Waals surface area contributed by atoms with Gasteiger partial charge in [0, 0.05) is 25.7 Å². The SMILES string of the molecule is CC/C=C\C/C=C\C/C=C\C/C=C\CCCCCCC(=O)OCC(COP(=O)(O)OCC(O)COP(=O)(O)OCC(COC(=O)CCCC/C=C\C/C=C\C/C=C\C/C=C\CC)OC(=O)CCCCCCC/C=C\C/C=C\CCC)OC(=O)CCCCCCC/C=C\C/C=C\CCC. The number of allylic oxidation sites excluding steroid dienone is 24. The van der Waals surface area contributed by atoms with Crippen LogP contribution in [-0.4, -0.2) is 96.7 Å². The predicted molar refractivity (Wildman–Crippen MR) is 399 cm³/mol. The predicted octanol–water partition coefficient (Wildman–Crippen LogP) is 21.1. The normalized spacial score (nSPS) is 14.8. The quantitative estimate of drug-likeness (QED) is 0.0169. The van der Waals surface area contributed by atoms with Crippen LogP contribution >= 0.6 is 15.6 Å². The van der Waals surface area contributed by atoms with E-state index in [1.807, 2.05) is 0 Å². The molecule has 0 fully saturated rings. The number of aliphatic hydroxyl groups excluding tert-OH is 1. The lowest BCUT2D eigenvalue weighted by atomic mass is 10.1. The van der Waals surface area contributed by atoms with E-state index >= 15 is 0 Å². The Morgan fingerprint density at radius 3 is 0.837 bits per heavy atom. The second-order valence-electron chi connectivity index (χ2n) is 24.1. The number of hydrogen-bond donors (Lipinski definition) is 3.